The number of halogens is 1. The normalized spacial score (nSPS) is 11.8. The van der Waals surface area contributed by atoms with Crippen molar-refractivity contribution >= 4 is 38.9 Å². The van der Waals surface area contributed by atoms with Gasteiger partial charge in [-0.2, -0.15) is 11.3 Å². The summed E-state index contributed by atoms with van der Waals surface area (Å²) in [5, 5.41) is 10.8. The number of aliphatic imine (C=N–C) groups is 1. The van der Waals surface area contributed by atoms with Crippen LogP contribution >= 0.6 is 27.3 Å². The number of aromatic nitrogens is 2. The zero-order chi connectivity index (χ0) is 15.4. The summed E-state index contributed by atoms with van der Waals surface area (Å²) in [4.78, 5) is 8.79. The summed E-state index contributed by atoms with van der Waals surface area (Å²) in [6.07, 6.45) is 4.01. The van der Waals surface area contributed by atoms with Gasteiger partial charge in [-0.25, -0.2) is 4.98 Å². The van der Waals surface area contributed by atoms with Crippen LogP contribution in [0.1, 0.15) is 11.3 Å². The highest BCUT2D eigenvalue weighted by molar-refractivity contribution is 9.10. The average Bonchev–Trinajstić information content (AvgIpc) is 3.16. The molecule has 0 saturated carbocycles. The zero-order valence-corrected chi connectivity index (χ0v) is 14.5. The molecule has 3 aromatic heterocycles. The molecule has 0 saturated heterocycles. The number of hydrogen-bond acceptors (Lipinski definition) is 3. The average molecular weight is 378 g/mol. The molecule has 0 unspecified atom stereocenters. The summed E-state index contributed by atoms with van der Waals surface area (Å²) >= 11 is 5.16. The van der Waals surface area contributed by atoms with Crippen molar-refractivity contribution in [3.63, 3.8) is 0 Å². The molecule has 0 aliphatic heterocycles. The third-order valence-corrected chi connectivity index (χ3v) is 4.37. The number of guanidine groups is 1. The summed E-state index contributed by atoms with van der Waals surface area (Å²) in [5.74, 6) is 0.768. The Morgan fingerprint density at radius 2 is 2.14 bits per heavy atom. The van der Waals surface area contributed by atoms with Gasteiger partial charge in [-0.05, 0) is 50.5 Å². The van der Waals surface area contributed by atoms with Crippen LogP contribution in [-0.2, 0) is 13.1 Å². The van der Waals surface area contributed by atoms with Crippen molar-refractivity contribution in [3.8, 4) is 0 Å². The molecule has 114 valence electrons. The van der Waals surface area contributed by atoms with E-state index in [-0.39, 0.29) is 0 Å². The number of rotatable bonds is 4. The van der Waals surface area contributed by atoms with Crippen molar-refractivity contribution in [1.82, 2.24) is 20.0 Å². The largest absolute Gasteiger partial charge is 0.352 e. The second kappa shape index (κ2) is 6.93. The molecule has 0 aromatic carbocycles. The molecule has 5 nitrogen and oxygen atoms in total. The Morgan fingerprint density at radius 3 is 2.91 bits per heavy atom. The fraction of sp³-hybridized carbons (Fsp3) is 0.200. The molecule has 0 aliphatic rings. The van der Waals surface area contributed by atoms with Crippen LogP contribution in [0.4, 0.5) is 0 Å². The molecule has 0 radical (unpaired) electrons. The number of pyridine rings is 1. The van der Waals surface area contributed by atoms with Gasteiger partial charge in [-0.3, -0.25) is 4.99 Å². The number of hydrogen-bond donors (Lipinski definition) is 2. The molecule has 0 bridgehead atoms. The van der Waals surface area contributed by atoms with Gasteiger partial charge in [0, 0.05) is 30.5 Å². The van der Waals surface area contributed by atoms with Crippen molar-refractivity contribution in [3.05, 3.63) is 57.1 Å². The molecule has 0 fully saturated rings. The number of imidazole rings is 1. The topological polar surface area (TPSA) is 53.7 Å². The zero-order valence-electron chi connectivity index (χ0n) is 12.1. The van der Waals surface area contributed by atoms with Crippen LogP contribution in [0.3, 0.4) is 0 Å². The van der Waals surface area contributed by atoms with E-state index in [9.17, 15) is 0 Å². The first-order chi connectivity index (χ1) is 10.7. The van der Waals surface area contributed by atoms with E-state index in [2.05, 4.69) is 53.4 Å². The van der Waals surface area contributed by atoms with Crippen molar-refractivity contribution in [2.24, 2.45) is 4.99 Å². The van der Waals surface area contributed by atoms with Gasteiger partial charge < -0.3 is 15.0 Å². The van der Waals surface area contributed by atoms with Crippen molar-refractivity contribution in [2.75, 3.05) is 7.05 Å². The lowest BCUT2D eigenvalue weighted by molar-refractivity contribution is 0.800. The Kier molecular flexibility index (Phi) is 4.74. The molecule has 7 heteroatoms. The van der Waals surface area contributed by atoms with Crippen LogP contribution in [-0.4, -0.2) is 22.4 Å². The third-order valence-electron chi connectivity index (χ3n) is 3.17. The summed E-state index contributed by atoms with van der Waals surface area (Å²) < 4.78 is 3.04. The van der Waals surface area contributed by atoms with Crippen LogP contribution < -0.4 is 10.6 Å². The smallest absolute Gasteiger partial charge is 0.191 e. The summed E-state index contributed by atoms with van der Waals surface area (Å²) in [6, 6.07) is 6.07. The van der Waals surface area contributed by atoms with Crippen LogP contribution in [0.2, 0.25) is 0 Å². The van der Waals surface area contributed by atoms with Gasteiger partial charge in [-0.15, -0.1) is 0 Å². The first-order valence-corrected chi connectivity index (χ1v) is 8.57. The first kappa shape index (κ1) is 15.1. The van der Waals surface area contributed by atoms with Crippen LogP contribution in [0, 0.1) is 0 Å². The maximum Gasteiger partial charge on any atom is 0.191 e. The summed E-state index contributed by atoms with van der Waals surface area (Å²) in [7, 11) is 1.77. The minimum atomic E-state index is 0.628. The molecule has 0 aliphatic carbocycles. The Morgan fingerprint density at radius 1 is 1.27 bits per heavy atom. The van der Waals surface area contributed by atoms with E-state index in [0.717, 1.165) is 28.3 Å². The van der Waals surface area contributed by atoms with Crippen molar-refractivity contribution < 1.29 is 0 Å². The van der Waals surface area contributed by atoms with Gasteiger partial charge in [0.25, 0.3) is 0 Å². The van der Waals surface area contributed by atoms with E-state index in [0.29, 0.717) is 6.54 Å². The van der Waals surface area contributed by atoms with Gasteiger partial charge in [0.15, 0.2) is 5.96 Å². The molecule has 3 aromatic rings. The Balaban J connectivity index is 1.59. The quantitative estimate of drug-likeness (QED) is 0.542. The monoisotopic (exact) mass is 377 g/mol. The lowest BCUT2D eigenvalue weighted by Gasteiger charge is -2.09. The molecule has 3 rings (SSSR count). The molecule has 0 atom stereocenters. The predicted molar refractivity (Wildman–Crippen MR) is 94.2 cm³/mol. The van der Waals surface area contributed by atoms with Gasteiger partial charge in [0.1, 0.15) is 5.65 Å². The Labute approximate surface area is 141 Å². The van der Waals surface area contributed by atoms with Crippen LogP contribution in [0.15, 0.2) is 50.8 Å². The van der Waals surface area contributed by atoms with Crippen molar-refractivity contribution in [1.29, 1.82) is 0 Å². The maximum atomic E-state index is 4.57. The SMILES string of the molecule is CN=C(NCc1ccsc1)NCc1cn2cc(Br)ccc2n1. The van der Waals surface area contributed by atoms with E-state index in [1.54, 1.807) is 18.4 Å². The highest BCUT2D eigenvalue weighted by Gasteiger charge is 2.04. The molecule has 2 N–H and O–H groups in total. The highest BCUT2D eigenvalue weighted by atomic mass is 79.9. The molecule has 0 spiro atoms. The van der Waals surface area contributed by atoms with E-state index in [1.165, 1.54) is 5.56 Å². The number of nitrogens with zero attached hydrogens (tertiary/aromatic N) is 3. The first-order valence-electron chi connectivity index (χ1n) is 6.83. The van der Waals surface area contributed by atoms with E-state index < -0.39 is 0 Å². The van der Waals surface area contributed by atoms with Gasteiger partial charge in [0.05, 0.1) is 12.2 Å². The summed E-state index contributed by atoms with van der Waals surface area (Å²) in [5.41, 5.74) is 3.16. The molecule has 0 amide bonds. The summed E-state index contributed by atoms with van der Waals surface area (Å²) in [6.45, 7) is 1.39. The van der Waals surface area contributed by atoms with Gasteiger partial charge in [0.2, 0.25) is 0 Å². The molecular formula is C15H16BrN5S. The fourth-order valence-corrected chi connectivity index (χ4v) is 3.10. The number of nitrogens with one attached hydrogen (secondary N) is 2. The second-order valence-corrected chi connectivity index (χ2v) is 6.45. The second-order valence-electron chi connectivity index (χ2n) is 4.76. The minimum absolute atomic E-state index is 0.628. The Bertz CT molecular complexity index is 778. The number of fused-ring (bicyclic) bond motifs is 1. The maximum absolute atomic E-state index is 4.57. The van der Waals surface area contributed by atoms with Crippen LogP contribution in [0.25, 0.3) is 5.65 Å². The molecule has 3 heterocycles. The van der Waals surface area contributed by atoms with Crippen molar-refractivity contribution in [2.45, 2.75) is 13.1 Å². The lowest BCUT2D eigenvalue weighted by atomic mass is 10.3. The highest BCUT2D eigenvalue weighted by Crippen LogP contribution is 2.12. The molecular weight excluding hydrogens is 362 g/mol. The standard InChI is InChI=1S/C15H16BrN5S/c1-17-15(18-6-11-4-5-22-10-11)19-7-13-9-21-8-12(16)2-3-14(21)20-13/h2-5,8-10H,6-7H2,1H3,(H2,17,18,19). The lowest BCUT2D eigenvalue weighted by Crippen LogP contribution is -2.36. The van der Waals surface area contributed by atoms with E-state index >= 15 is 0 Å². The van der Waals surface area contributed by atoms with Gasteiger partial charge >= 0.3 is 0 Å². The van der Waals surface area contributed by atoms with Crippen LogP contribution in [0.5, 0.6) is 0 Å². The molecule has 22 heavy (non-hydrogen) atoms. The fourth-order valence-electron chi connectivity index (χ4n) is 2.08. The van der Waals surface area contributed by atoms with E-state index in [4.69, 9.17) is 0 Å². The number of thiophene rings is 1. The van der Waals surface area contributed by atoms with E-state index in [1.807, 2.05) is 28.9 Å². The van der Waals surface area contributed by atoms with Gasteiger partial charge in [-0.1, -0.05) is 0 Å². The minimum Gasteiger partial charge on any atom is -0.352 e. The Hall–Kier alpha value is -1.86. The predicted octanol–water partition coefficient (Wildman–Crippen LogP) is 3.02. The third kappa shape index (κ3) is 3.66.